The normalized spacial score (nSPS) is 16.3. The highest BCUT2D eigenvalue weighted by atomic mass is 35.5. The molecule has 0 saturated carbocycles. The standard InChI is InChI=1S/C22H23ClN4O3/c23-20-4-1-2-5-21(20)30-16-19-15-26(12-13-29-19)22(28)25-18-8-6-17(7-9-18)14-27-11-3-10-24-27/h1-11,19H,12-16H2,(H,25,28). The predicted molar refractivity (Wildman–Crippen MR) is 115 cm³/mol. The number of halogens is 1. The molecule has 1 aliphatic heterocycles. The number of ether oxygens (including phenoxy) is 2. The molecule has 4 rings (SSSR count). The summed E-state index contributed by atoms with van der Waals surface area (Å²) in [5, 5.41) is 7.70. The van der Waals surface area contributed by atoms with Crippen LogP contribution >= 0.6 is 11.6 Å². The highest BCUT2D eigenvalue weighted by Gasteiger charge is 2.25. The Labute approximate surface area is 180 Å². The summed E-state index contributed by atoms with van der Waals surface area (Å²) in [6.07, 6.45) is 3.46. The van der Waals surface area contributed by atoms with E-state index in [4.69, 9.17) is 21.1 Å². The quantitative estimate of drug-likeness (QED) is 0.649. The lowest BCUT2D eigenvalue weighted by Gasteiger charge is -2.32. The maximum absolute atomic E-state index is 12.7. The number of rotatable bonds is 6. The first-order chi connectivity index (χ1) is 14.7. The fourth-order valence-corrected chi connectivity index (χ4v) is 3.42. The minimum absolute atomic E-state index is 0.152. The molecule has 8 heteroatoms. The molecule has 1 aromatic heterocycles. The van der Waals surface area contributed by atoms with Crippen molar-refractivity contribution >= 4 is 23.3 Å². The molecule has 2 aromatic carbocycles. The van der Waals surface area contributed by atoms with Gasteiger partial charge in [0.1, 0.15) is 18.5 Å². The van der Waals surface area contributed by atoms with E-state index in [2.05, 4.69) is 10.4 Å². The molecule has 156 valence electrons. The summed E-state index contributed by atoms with van der Waals surface area (Å²) >= 11 is 6.12. The van der Waals surface area contributed by atoms with Gasteiger partial charge in [0.05, 0.1) is 24.7 Å². The van der Waals surface area contributed by atoms with Gasteiger partial charge >= 0.3 is 6.03 Å². The van der Waals surface area contributed by atoms with E-state index in [1.54, 1.807) is 17.2 Å². The lowest BCUT2D eigenvalue weighted by Crippen LogP contribution is -2.49. The Balaban J connectivity index is 1.28. The van der Waals surface area contributed by atoms with Gasteiger partial charge in [0.2, 0.25) is 0 Å². The van der Waals surface area contributed by atoms with Crippen molar-refractivity contribution in [1.82, 2.24) is 14.7 Å². The van der Waals surface area contributed by atoms with Crippen molar-refractivity contribution in [2.45, 2.75) is 12.6 Å². The molecule has 1 N–H and O–H groups in total. The Morgan fingerprint density at radius 2 is 2.03 bits per heavy atom. The maximum atomic E-state index is 12.7. The number of morpholine rings is 1. The van der Waals surface area contributed by atoms with Crippen LogP contribution in [0.25, 0.3) is 0 Å². The molecule has 0 bridgehead atoms. The van der Waals surface area contributed by atoms with Gasteiger partial charge in [0.15, 0.2) is 0 Å². The molecule has 2 amide bonds. The van der Waals surface area contributed by atoms with E-state index in [1.807, 2.05) is 59.4 Å². The largest absolute Gasteiger partial charge is 0.489 e. The lowest BCUT2D eigenvalue weighted by molar-refractivity contribution is -0.0336. The minimum Gasteiger partial charge on any atom is -0.489 e. The zero-order valence-electron chi connectivity index (χ0n) is 16.4. The summed E-state index contributed by atoms with van der Waals surface area (Å²) in [5.41, 5.74) is 1.86. The second-order valence-electron chi connectivity index (χ2n) is 7.01. The van der Waals surface area contributed by atoms with Crippen molar-refractivity contribution < 1.29 is 14.3 Å². The molecule has 0 aliphatic carbocycles. The Kier molecular flexibility index (Phi) is 6.51. The van der Waals surface area contributed by atoms with Crippen LogP contribution < -0.4 is 10.1 Å². The van der Waals surface area contributed by atoms with Crippen LogP contribution in [0.1, 0.15) is 5.56 Å². The number of aromatic nitrogens is 2. The van der Waals surface area contributed by atoms with E-state index in [9.17, 15) is 4.79 Å². The van der Waals surface area contributed by atoms with Gasteiger partial charge in [-0.2, -0.15) is 5.10 Å². The molecule has 30 heavy (non-hydrogen) atoms. The monoisotopic (exact) mass is 426 g/mol. The SMILES string of the molecule is O=C(Nc1ccc(Cn2cccn2)cc1)N1CCOC(COc2ccccc2Cl)C1. The molecule has 2 heterocycles. The van der Waals surface area contributed by atoms with Gasteiger partial charge < -0.3 is 19.7 Å². The number of amides is 2. The van der Waals surface area contributed by atoms with Gasteiger partial charge in [0, 0.05) is 24.6 Å². The van der Waals surface area contributed by atoms with Crippen LogP contribution in [0.5, 0.6) is 5.75 Å². The van der Waals surface area contributed by atoms with Gasteiger partial charge in [-0.1, -0.05) is 35.9 Å². The molecule has 3 aromatic rings. The van der Waals surface area contributed by atoms with E-state index >= 15 is 0 Å². The number of carbonyl (C=O) groups is 1. The van der Waals surface area contributed by atoms with Crippen LogP contribution in [0.2, 0.25) is 5.02 Å². The Bertz CT molecular complexity index is 963. The summed E-state index contributed by atoms with van der Waals surface area (Å²) in [5.74, 6) is 0.611. The molecule has 1 saturated heterocycles. The van der Waals surface area contributed by atoms with Crippen molar-refractivity contribution in [3.05, 3.63) is 77.6 Å². The molecule has 1 fully saturated rings. The van der Waals surface area contributed by atoms with Crippen LogP contribution in [0.3, 0.4) is 0 Å². The number of benzene rings is 2. The van der Waals surface area contributed by atoms with Crippen LogP contribution in [0.4, 0.5) is 10.5 Å². The van der Waals surface area contributed by atoms with Gasteiger partial charge in [-0.15, -0.1) is 0 Å². The van der Waals surface area contributed by atoms with Crippen molar-refractivity contribution in [3.8, 4) is 5.75 Å². The number of carbonyl (C=O) groups excluding carboxylic acids is 1. The van der Waals surface area contributed by atoms with Crippen LogP contribution in [-0.2, 0) is 11.3 Å². The molecule has 1 atom stereocenters. The summed E-state index contributed by atoms with van der Waals surface area (Å²) in [6, 6.07) is 16.8. The fourth-order valence-electron chi connectivity index (χ4n) is 3.23. The Morgan fingerprint density at radius 3 is 2.80 bits per heavy atom. The number of para-hydroxylation sites is 1. The number of urea groups is 1. The molecular formula is C22H23ClN4O3. The van der Waals surface area contributed by atoms with Crippen LogP contribution in [-0.4, -0.2) is 53.1 Å². The van der Waals surface area contributed by atoms with Gasteiger partial charge in [-0.25, -0.2) is 4.79 Å². The van der Waals surface area contributed by atoms with Crippen LogP contribution in [0, 0.1) is 0 Å². The molecule has 1 aliphatic rings. The van der Waals surface area contributed by atoms with Gasteiger partial charge in [-0.3, -0.25) is 4.68 Å². The summed E-state index contributed by atoms with van der Waals surface area (Å²) < 4.78 is 13.3. The van der Waals surface area contributed by atoms with E-state index in [1.165, 1.54) is 0 Å². The highest BCUT2D eigenvalue weighted by molar-refractivity contribution is 6.32. The summed E-state index contributed by atoms with van der Waals surface area (Å²) in [4.78, 5) is 14.4. The number of hydrogen-bond acceptors (Lipinski definition) is 4. The first-order valence-electron chi connectivity index (χ1n) is 9.78. The molecule has 1 unspecified atom stereocenters. The number of nitrogens with zero attached hydrogens (tertiary/aromatic N) is 3. The third-order valence-electron chi connectivity index (χ3n) is 4.80. The third kappa shape index (κ3) is 5.31. The van der Waals surface area contributed by atoms with Crippen molar-refractivity contribution in [2.75, 3.05) is 31.6 Å². The fraction of sp³-hybridized carbons (Fsp3) is 0.273. The van der Waals surface area contributed by atoms with Crippen molar-refractivity contribution in [2.24, 2.45) is 0 Å². The smallest absolute Gasteiger partial charge is 0.322 e. The topological polar surface area (TPSA) is 68.6 Å². The molecule has 0 spiro atoms. The highest BCUT2D eigenvalue weighted by Crippen LogP contribution is 2.23. The van der Waals surface area contributed by atoms with E-state index in [0.717, 1.165) is 11.3 Å². The molecule has 0 radical (unpaired) electrons. The zero-order chi connectivity index (χ0) is 20.8. The first kappa shape index (κ1) is 20.3. The number of nitrogens with one attached hydrogen (secondary N) is 1. The zero-order valence-corrected chi connectivity index (χ0v) is 17.2. The van der Waals surface area contributed by atoms with Crippen molar-refractivity contribution in [1.29, 1.82) is 0 Å². The lowest BCUT2D eigenvalue weighted by atomic mass is 10.2. The maximum Gasteiger partial charge on any atom is 0.322 e. The minimum atomic E-state index is -0.211. The predicted octanol–water partition coefficient (Wildman–Crippen LogP) is 3.90. The first-order valence-corrected chi connectivity index (χ1v) is 10.2. The average molecular weight is 427 g/mol. The second kappa shape index (κ2) is 9.65. The number of hydrogen-bond donors (Lipinski definition) is 1. The molecular weight excluding hydrogens is 404 g/mol. The number of anilines is 1. The van der Waals surface area contributed by atoms with Crippen molar-refractivity contribution in [3.63, 3.8) is 0 Å². The van der Waals surface area contributed by atoms with Gasteiger partial charge in [-0.05, 0) is 35.9 Å². The van der Waals surface area contributed by atoms with E-state index in [0.29, 0.717) is 43.6 Å². The summed E-state index contributed by atoms with van der Waals surface area (Å²) in [7, 11) is 0. The Hall–Kier alpha value is -3.03. The van der Waals surface area contributed by atoms with E-state index < -0.39 is 0 Å². The van der Waals surface area contributed by atoms with Crippen LogP contribution in [0.15, 0.2) is 67.0 Å². The second-order valence-corrected chi connectivity index (χ2v) is 7.42. The summed E-state index contributed by atoms with van der Waals surface area (Å²) in [6.45, 7) is 2.47. The Morgan fingerprint density at radius 1 is 1.20 bits per heavy atom. The van der Waals surface area contributed by atoms with E-state index in [-0.39, 0.29) is 12.1 Å². The van der Waals surface area contributed by atoms with Gasteiger partial charge in [0.25, 0.3) is 0 Å². The average Bonchev–Trinajstić information content (AvgIpc) is 3.28. The molecule has 7 nitrogen and oxygen atoms in total. The third-order valence-corrected chi connectivity index (χ3v) is 5.11.